The SMILES string of the molecule is CC12CCCC=C1N(c1ccccc1)c1ccccc12. The fourth-order valence-electron chi connectivity index (χ4n) is 3.78. The highest BCUT2D eigenvalue weighted by Crippen LogP contribution is 2.54. The molecule has 0 saturated carbocycles. The van der Waals surface area contributed by atoms with Gasteiger partial charge in [-0.05, 0) is 49.9 Å². The molecule has 2 aromatic rings. The van der Waals surface area contributed by atoms with E-state index in [0.29, 0.717) is 0 Å². The van der Waals surface area contributed by atoms with Gasteiger partial charge in [0.05, 0.1) is 0 Å². The van der Waals surface area contributed by atoms with Gasteiger partial charge in [0.25, 0.3) is 0 Å². The second kappa shape index (κ2) is 4.24. The minimum Gasteiger partial charge on any atom is -0.313 e. The molecular formula is C19H19N. The molecule has 1 heterocycles. The van der Waals surface area contributed by atoms with Crippen LogP contribution in [0.3, 0.4) is 0 Å². The van der Waals surface area contributed by atoms with Gasteiger partial charge in [-0.1, -0.05) is 42.5 Å². The van der Waals surface area contributed by atoms with E-state index < -0.39 is 0 Å². The third-order valence-electron chi connectivity index (χ3n) is 4.78. The quantitative estimate of drug-likeness (QED) is 0.685. The van der Waals surface area contributed by atoms with Crippen molar-refractivity contribution >= 4 is 11.4 Å². The molecular weight excluding hydrogens is 242 g/mol. The summed E-state index contributed by atoms with van der Waals surface area (Å²) in [6, 6.07) is 19.6. The molecule has 20 heavy (non-hydrogen) atoms. The molecule has 1 atom stereocenters. The van der Waals surface area contributed by atoms with E-state index >= 15 is 0 Å². The van der Waals surface area contributed by atoms with Crippen LogP contribution in [-0.4, -0.2) is 0 Å². The maximum absolute atomic E-state index is 2.45. The van der Waals surface area contributed by atoms with Crippen molar-refractivity contribution in [3.8, 4) is 0 Å². The Morgan fingerprint density at radius 2 is 1.70 bits per heavy atom. The first-order valence-electron chi connectivity index (χ1n) is 7.46. The van der Waals surface area contributed by atoms with Gasteiger partial charge in [-0.3, -0.25) is 0 Å². The predicted molar refractivity (Wildman–Crippen MR) is 84.3 cm³/mol. The molecule has 1 nitrogen and oxygen atoms in total. The minimum atomic E-state index is 0.185. The summed E-state index contributed by atoms with van der Waals surface area (Å²) < 4.78 is 0. The molecule has 0 aromatic heterocycles. The highest BCUT2D eigenvalue weighted by Gasteiger charge is 2.44. The highest BCUT2D eigenvalue weighted by atomic mass is 15.2. The normalized spacial score (nSPS) is 24.1. The molecule has 0 amide bonds. The molecule has 0 fully saturated rings. The lowest BCUT2D eigenvalue weighted by Crippen LogP contribution is -2.28. The number of hydrogen-bond donors (Lipinski definition) is 0. The topological polar surface area (TPSA) is 3.24 Å². The fraction of sp³-hybridized carbons (Fsp3) is 0.263. The van der Waals surface area contributed by atoms with Gasteiger partial charge in [0.15, 0.2) is 0 Å². The molecule has 2 aliphatic rings. The van der Waals surface area contributed by atoms with Crippen molar-refractivity contribution in [2.45, 2.75) is 31.6 Å². The second-order valence-corrected chi connectivity index (χ2v) is 6.00. The van der Waals surface area contributed by atoms with Crippen molar-refractivity contribution in [3.63, 3.8) is 0 Å². The van der Waals surface area contributed by atoms with Crippen molar-refractivity contribution in [3.05, 3.63) is 71.9 Å². The average Bonchev–Trinajstić information content (AvgIpc) is 2.77. The summed E-state index contributed by atoms with van der Waals surface area (Å²) in [6.45, 7) is 2.40. The smallest absolute Gasteiger partial charge is 0.0500 e. The first kappa shape index (κ1) is 11.8. The van der Waals surface area contributed by atoms with Gasteiger partial charge in [0.1, 0.15) is 0 Å². The van der Waals surface area contributed by atoms with Gasteiger partial charge in [-0.2, -0.15) is 0 Å². The summed E-state index contributed by atoms with van der Waals surface area (Å²) in [5.41, 5.74) is 5.77. The Morgan fingerprint density at radius 1 is 0.950 bits per heavy atom. The second-order valence-electron chi connectivity index (χ2n) is 6.00. The van der Waals surface area contributed by atoms with Gasteiger partial charge >= 0.3 is 0 Å². The Morgan fingerprint density at radius 3 is 2.55 bits per heavy atom. The molecule has 1 heteroatoms. The van der Waals surface area contributed by atoms with E-state index in [4.69, 9.17) is 0 Å². The van der Waals surface area contributed by atoms with Crippen LogP contribution in [0.1, 0.15) is 31.7 Å². The highest BCUT2D eigenvalue weighted by molar-refractivity contribution is 5.80. The van der Waals surface area contributed by atoms with Crippen LogP contribution >= 0.6 is 0 Å². The lowest BCUT2D eigenvalue weighted by atomic mass is 9.74. The predicted octanol–water partition coefficient (Wildman–Crippen LogP) is 5.16. The van der Waals surface area contributed by atoms with Gasteiger partial charge in [0.2, 0.25) is 0 Å². The van der Waals surface area contributed by atoms with Gasteiger partial charge in [0, 0.05) is 22.5 Å². The number of hydrogen-bond acceptors (Lipinski definition) is 1. The van der Waals surface area contributed by atoms with Crippen LogP contribution in [-0.2, 0) is 5.41 Å². The average molecular weight is 261 g/mol. The lowest BCUT2D eigenvalue weighted by Gasteiger charge is -2.33. The number of nitrogens with zero attached hydrogens (tertiary/aromatic N) is 1. The van der Waals surface area contributed by atoms with Crippen LogP contribution in [0.15, 0.2) is 66.4 Å². The molecule has 1 unspecified atom stereocenters. The zero-order valence-electron chi connectivity index (χ0n) is 11.8. The molecule has 1 aliphatic carbocycles. The van der Waals surface area contributed by atoms with Crippen LogP contribution in [0, 0.1) is 0 Å². The molecule has 1 aliphatic heterocycles. The first-order valence-corrected chi connectivity index (χ1v) is 7.46. The number of benzene rings is 2. The summed E-state index contributed by atoms with van der Waals surface area (Å²) in [5.74, 6) is 0. The number of fused-ring (bicyclic) bond motifs is 3. The number of rotatable bonds is 1. The molecule has 100 valence electrons. The molecule has 0 spiro atoms. The number of para-hydroxylation sites is 2. The molecule has 2 aromatic carbocycles. The maximum Gasteiger partial charge on any atom is 0.0500 e. The summed E-state index contributed by atoms with van der Waals surface area (Å²) in [7, 11) is 0. The first-order chi connectivity index (χ1) is 9.81. The van der Waals surface area contributed by atoms with E-state index in [1.807, 2.05) is 0 Å². The van der Waals surface area contributed by atoms with Crippen LogP contribution < -0.4 is 4.90 Å². The van der Waals surface area contributed by atoms with Crippen molar-refractivity contribution in [1.82, 2.24) is 0 Å². The largest absolute Gasteiger partial charge is 0.313 e. The Labute approximate surface area is 120 Å². The fourth-order valence-corrected chi connectivity index (χ4v) is 3.78. The van der Waals surface area contributed by atoms with Crippen molar-refractivity contribution in [2.75, 3.05) is 4.90 Å². The third kappa shape index (κ3) is 1.49. The molecule has 0 radical (unpaired) electrons. The Balaban J connectivity index is 1.97. The Hall–Kier alpha value is -2.02. The van der Waals surface area contributed by atoms with Crippen LogP contribution in [0.25, 0.3) is 0 Å². The van der Waals surface area contributed by atoms with Crippen LogP contribution in [0.2, 0.25) is 0 Å². The number of allylic oxidation sites excluding steroid dienone is 2. The molecule has 0 bridgehead atoms. The van der Waals surface area contributed by atoms with E-state index in [9.17, 15) is 0 Å². The summed E-state index contributed by atoms with van der Waals surface area (Å²) in [5, 5.41) is 0. The lowest BCUT2D eigenvalue weighted by molar-refractivity contribution is 0.477. The van der Waals surface area contributed by atoms with E-state index in [-0.39, 0.29) is 5.41 Å². The summed E-state index contributed by atoms with van der Waals surface area (Å²) in [4.78, 5) is 2.45. The van der Waals surface area contributed by atoms with E-state index in [2.05, 4.69) is 72.5 Å². The molecule has 4 rings (SSSR count). The maximum atomic E-state index is 2.45. The van der Waals surface area contributed by atoms with Gasteiger partial charge < -0.3 is 4.90 Å². The van der Waals surface area contributed by atoms with Gasteiger partial charge in [-0.25, -0.2) is 0 Å². The van der Waals surface area contributed by atoms with Crippen molar-refractivity contribution < 1.29 is 0 Å². The van der Waals surface area contributed by atoms with E-state index in [0.717, 1.165) is 0 Å². The standard InChI is InChI=1S/C19H19N/c1-19-14-8-7-13-18(19)20(15-9-3-2-4-10-15)17-12-6-5-11-16(17)19/h2-6,9-13H,7-8,14H2,1H3. The zero-order chi connectivity index (χ0) is 13.6. The Bertz CT molecular complexity index is 671. The van der Waals surface area contributed by atoms with Crippen LogP contribution in [0.4, 0.5) is 11.4 Å². The Kier molecular flexibility index (Phi) is 2.50. The van der Waals surface area contributed by atoms with Crippen LogP contribution in [0.5, 0.6) is 0 Å². The summed E-state index contributed by atoms with van der Waals surface area (Å²) >= 11 is 0. The number of anilines is 2. The third-order valence-corrected chi connectivity index (χ3v) is 4.78. The molecule has 0 saturated heterocycles. The van der Waals surface area contributed by atoms with Gasteiger partial charge in [-0.15, -0.1) is 0 Å². The van der Waals surface area contributed by atoms with Crippen molar-refractivity contribution in [1.29, 1.82) is 0 Å². The van der Waals surface area contributed by atoms with E-state index in [1.54, 1.807) is 0 Å². The molecule has 0 N–H and O–H groups in total. The monoisotopic (exact) mass is 261 g/mol. The van der Waals surface area contributed by atoms with E-state index in [1.165, 1.54) is 41.9 Å². The minimum absolute atomic E-state index is 0.185. The zero-order valence-corrected chi connectivity index (χ0v) is 11.8. The summed E-state index contributed by atoms with van der Waals surface area (Å²) in [6.07, 6.45) is 6.18. The van der Waals surface area contributed by atoms with Crippen molar-refractivity contribution in [2.24, 2.45) is 0 Å².